The summed E-state index contributed by atoms with van der Waals surface area (Å²) >= 11 is 5.90. The van der Waals surface area contributed by atoms with Crippen LogP contribution in [0.4, 0.5) is 0 Å². The second-order valence-electron chi connectivity index (χ2n) is 9.07. The van der Waals surface area contributed by atoms with Gasteiger partial charge in [0.1, 0.15) is 12.7 Å². The third kappa shape index (κ3) is 10.9. The molecule has 0 aliphatic carbocycles. The zero-order valence-electron chi connectivity index (χ0n) is 19.8. The van der Waals surface area contributed by atoms with E-state index in [2.05, 4.69) is 17.0 Å². The molecular weight excluding hydrogens is 426 g/mol. The fourth-order valence-electron chi connectivity index (χ4n) is 3.09. The summed E-state index contributed by atoms with van der Waals surface area (Å²) in [5.74, 6) is -0.753. The maximum atomic E-state index is 11.1. The number of hydrogen-bond acceptors (Lipinski definition) is 4. The number of rotatable bonds is 11. The number of carboxylic acid groups (broad SMARTS) is 1. The Morgan fingerprint density at radius 1 is 1.16 bits per heavy atom. The molecule has 1 unspecified atom stereocenters. The van der Waals surface area contributed by atoms with Crippen molar-refractivity contribution >= 4 is 17.6 Å². The van der Waals surface area contributed by atoms with Gasteiger partial charge >= 0.3 is 5.97 Å². The number of aryl methyl sites for hydroxylation is 1. The average Bonchev–Trinajstić information content (AvgIpc) is 3.22. The average molecular weight is 464 g/mol. The summed E-state index contributed by atoms with van der Waals surface area (Å²) in [5.41, 5.74) is 0.0479. The van der Waals surface area contributed by atoms with Crippen LogP contribution in [-0.4, -0.2) is 36.5 Å². The maximum Gasteiger partial charge on any atom is 0.307 e. The highest BCUT2D eigenvalue weighted by atomic mass is 35.5. The van der Waals surface area contributed by atoms with Gasteiger partial charge in [0, 0.05) is 5.02 Å². The molecule has 0 aliphatic heterocycles. The number of aliphatic hydroxyl groups is 1. The summed E-state index contributed by atoms with van der Waals surface area (Å²) in [7, 11) is 0. The Morgan fingerprint density at radius 2 is 1.84 bits per heavy atom. The normalized spacial score (nSPS) is 13.4. The van der Waals surface area contributed by atoms with Crippen LogP contribution in [0.1, 0.15) is 71.8 Å². The summed E-state index contributed by atoms with van der Waals surface area (Å²) < 4.78 is 1.69. The van der Waals surface area contributed by atoms with E-state index < -0.39 is 11.6 Å². The number of allylic oxidation sites excluding steroid dienone is 1. The maximum absolute atomic E-state index is 11.1. The molecule has 2 N–H and O–H groups in total. The summed E-state index contributed by atoms with van der Waals surface area (Å²) in [6.45, 7) is 8.73. The number of carboxylic acids is 1. The molecule has 1 atom stereocenters. The molecule has 32 heavy (non-hydrogen) atoms. The van der Waals surface area contributed by atoms with E-state index in [1.807, 2.05) is 51.1 Å². The van der Waals surface area contributed by atoms with Crippen molar-refractivity contribution in [2.75, 3.05) is 0 Å². The lowest BCUT2D eigenvalue weighted by Crippen LogP contribution is -2.47. The van der Waals surface area contributed by atoms with Crippen molar-refractivity contribution < 1.29 is 15.0 Å². The first-order chi connectivity index (χ1) is 15.1. The number of benzene rings is 1. The largest absolute Gasteiger partial charge is 0.481 e. The van der Waals surface area contributed by atoms with Crippen LogP contribution in [0.15, 0.2) is 49.1 Å². The molecule has 0 bridgehead atoms. The molecular formula is C25H38ClN3O3. The van der Waals surface area contributed by atoms with Crippen molar-refractivity contribution in [2.45, 2.75) is 84.8 Å². The van der Waals surface area contributed by atoms with E-state index in [1.54, 1.807) is 17.1 Å². The predicted octanol–water partition coefficient (Wildman–Crippen LogP) is 5.94. The zero-order valence-corrected chi connectivity index (χ0v) is 20.6. The second-order valence-corrected chi connectivity index (χ2v) is 9.50. The van der Waals surface area contributed by atoms with E-state index in [0.717, 1.165) is 17.9 Å². The Hall–Kier alpha value is -2.18. The highest BCUT2D eigenvalue weighted by molar-refractivity contribution is 6.30. The first-order valence-electron chi connectivity index (χ1n) is 11.2. The van der Waals surface area contributed by atoms with Gasteiger partial charge in [0.25, 0.3) is 0 Å². The van der Waals surface area contributed by atoms with Gasteiger partial charge in [-0.3, -0.25) is 9.48 Å². The van der Waals surface area contributed by atoms with E-state index in [1.165, 1.54) is 31.2 Å². The van der Waals surface area contributed by atoms with Gasteiger partial charge in [-0.25, -0.2) is 4.98 Å². The molecule has 1 heterocycles. The SMILES string of the molecule is CC(C)(C)C(O)(CCc1ccc(Cl)cc1)Cn1cncn1.CCCCC/C=C/CC(=O)O. The van der Waals surface area contributed by atoms with Crippen LogP contribution >= 0.6 is 11.6 Å². The lowest BCUT2D eigenvalue weighted by atomic mass is 9.73. The van der Waals surface area contributed by atoms with Crippen LogP contribution in [0.2, 0.25) is 5.02 Å². The molecule has 1 aromatic carbocycles. The first kappa shape index (κ1) is 27.9. The van der Waals surface area contributed by atoms with E-state index >= 15 is 0 Å². The summed E-state index contributed by atoms with van der Waals surface area (Å²) in [5, 5.41) is 24.2. The Balaban J connectivity index is 0.000000396. The smallest absolute Gasteiger partial charge is 0.307 e. The summed E-state index contributed by atoms with van der Waals surface area (Å²) in [4.78, 5) is 14.0. The van der Waals surface area contributed by atoms with Crippen LogP contribution in [-0.2, 0) is 17.8 Å². The van der Waals surface area contributed by atoms with Crippen LogP contribution in [0.25, 0.3) is 0 Å². The quantitative estimate of drug-likeness (QED) is 0.318. The van der Waals surface area contributed by atoms with Crippen LogP contribution < -0.4 is 0 Å². The number of halogens is 1. The Kier molecular flexibility index (Phi) is 12.2. The molecule has 0 aliphatic rings. The van der Waals surface area contributed by atoms with E-state index in [9.17, 15) is 9.90 Å². The number of aliphatic carboxylic acids is 1. The van der Waals surface area contributed by atoms with Gasteiger partial charge < -0.3 is 10.2 Å². The van der Waals surface area contributed by atoms with E-state index in [-0.39, 0.29) is 11.8 Å². The molecule has 0 saturated carbocycles. The fourth-order valence-corrected chi connectivity index (χ4v) is 3.22. The lowest BCUT2D eigenvalue weighted by molar-refractivity contribution is -0.136. The second kappa shape index (κ2) is 14.1. The molecule has 1 aromatic heterocycles. The van der Waals surface area contributed by atoms with Crippen molar-refractivity contribution in [3.05, 3.63) is 59.7 Å². The minimum absolute atomic E-state index is 0.159. The zero-order chi connectivity index (χ0) is 24.0. The van der Waals surface area contributed by atoms with Crippen LogP contribution in [0.3, 0.4) is 0 Å². The molecule has 0 amide bonds. The van der Waals surface area contributed by atoms with Crippen molar-refractivity contribution in [2.24, 2.45) is 5.41 Å². The molecule has 178 valence electrons. The summed E-state index contributed by atoms with van der Waals surface area (Å²) in [6.07, 6.45) is 13.0. The third-order valence-electron chi connectivity index (χ3n) is 5.46. The molecule has 0 spiro atoms. The predicted molar refractivity (Wildman–Crippen MR) is 130 cm³/mol. The van der Waals surface area contributed by atoms with Gasteiger partial charge in [-0.15, -0.1) is 0 Å². The van der Waals surface area contributed by atoms with Crippen molar-refractivity contribution in [1.29, 1.82) is 0 Å². The van der Waals surface area contributed by atoms with E-state index in [0.29, 0.717) is 13.0 Å². The van der Waals surface area contributed by atoms with Crippen molar-refractivity contribution in [3.63, 3.8) is 0 Å². The number of hydrogen-bond donors (Lipinski definition) is 2. The number of aromatic nitrogens is 3. The molecule has 2 aromatic rings. The fraction of sp³-hybridized carbons (Fsp3) is 0.560. The number of nitrogens with zero attached hydrogens (tertiary/aromatic N) is 3. The topological polar surface area (TPSA) is 88.2 Å². The standard InChI is InChI=1S/C16H22ClN3O.C9H16O2/c1-15(2,3)16(21,10-20-12-18-11-19-20)9-8-13-4-6-14(17)7-5-13;1-2-3-4-5-6-7-8-9(10)11/h4-7,11-12,21H,8-10H2,1-3H3;6-7H,2-5,8H2,1H3,(H,10,11)/b;7-6+. The van der Waals surface area contributed by atoms with Gasteiger partial charge in [0.05, 0.1) is 18.6 Å². The van der Waals surface area contributed by atoms with Crippen molar-refractivity contribution in [3.8, 4) is 0 Å². The number of carbonyl (C=O) groups is 1. The minimum Gasteiger partial charge on any atom is -0.481 e. The van der Waals surface area contributed by atoms with Gasteiger partial charge in [0.15, 0.2) is 0 Å². The van der Waals surface area contributed by atoms with Crippen LogP contribution in [0, 0.1) is 5.41 Å². The highest BCUT2D eigenvalue weighted by Crippen LogP contribution is 2.35. The molecule has 2 rings (SSSR count). The molecule has 0 radical (unpaired) electrons. The highest BCUT2D eigenvalue weighted by Gasteiger charge is 2.40. The lowest BCUT2D eigenvalue weighted by Gasteiger charge is -2.40. The monoisotopic (exact) mass is 463 g/mol. The number of unbranched alkanes of at least 4 members (excludes halogenated alkanes) is 3. The van der Waals surface area contributed by atoms with E-state index in [4.69, 9.17) is 16.7 Å². The Morgan fingerprint density at radius 3 is 2.38 bits per heavy atom. The Labute approximate surface area is 197 Å². The molecule has 6 nitrogen and oxygen atoms in total. The molecule has 0 fully saturated rings. The summed E-state index contributed by atoms with van der Waals surface area (Å²) in [6, 6.07) is 7.76. The van der Waals surface area contributed by atoms with Crippen LogP contribution in [0.5, 0.6) is 0 Å². The van der Waals surface area contributed by atoms with Gasteiger partial charge in [0.2, 0.25) is 0 Å². The molecule has 0 saturated heterocycles. The molecule has 7 heteroatoms. The van der Waals surface area contributed by atoms with Gasteiger partial charge in [-0.2, -0.15) is 5.10 Å². The van der Waals surface area contributed by atoms with Gasteiger partial charge in [-0.05, 0) is 48.8 Å². The van der Waals surface area contributed by atoms with Gasteiger partial charge in [-0.1, -0.05) is 76.4 Å². The minimum atomic E-state index is -0.861. The first-order valence-corrected chi connectivity index (χ1v) is 11.6. The van der Waals surface area contributed by atoms with Crippen molar-refractivity contribution in [1.82, 2.24) is 14.8 Å². The third-order valence-corrected chi connectivity index (χ3v) is 5.71. The Bertz CT molecular complexity index is 799.